The summed E-state index contributed by atoms with van der Waals surface area (Å²) in [6, 6.07) is 6.28. The fourth-order valence-corrected chi connectivity index (χ4v) is 2.67. The van der Waals surface area contributed by atoms with Gasteiger partial charge in [0.1, 0.15) is 5.75 Å². The van der Waals surface area contributed by atoms with E-state index in [1.165, 1.54) is 31.2 Å². The molecule has 0 radical (unpaired) electrons. The molecular weight excluding hydrogens is 330 g/mol. The van der Waals surface area contributed by atoms with Crippen LogP contribution in [0.15, 0.2) is 22.7 Å². The number of nitrogens with one attached hydrogen (secondary N) is 1. The number of methoxy groups -OCH3 is 1. The van der Waals surface area contributed by atoms with Crippen LogP contribution in [0.2, 0.25) is 0 Å². The third-order valence-corrected chi connectivity index (χ3v) is 3.85. The molecule has 0 amide bonds. The molecule has 0 atom stereocenters. The van der Waals surface area contributed by atoms with Gasteiger partial charge in [-0.2, -0.15) is 0 Å². The minimum Gasteiger partial charge on any atom is -0.494 e. The summed E-state index contributed by atoms with van der Waals surface area (Å²) in [5.74, 6) is 1.03. The Labute approximate surface area is 137 Å². The van der Waals surface area contributed by atoms with Crippen LogP contribution in [0.25, 0.3) is 0 Å². The third kappa shape index (κ3) is 8.44. The normalized spacial score (nSPS) is 10.8. The van der Waals surface area contributed by atoms with E-state index >= 15 is 0 Å². The van der Waals surface area contributed by atoms with Gasteiger partial charge in [-0.25, -0.2) is 0 Å². The SMILES string of the molecule is CCOc1ccc(Br)cc1CCCCCCNCCOC. The Morgan fingerprint density at radius 3 is 2.67 bits per heavy atom. The molecule has 0 aliphatic heterocycles. The molecule has 0 heterocycles. The van der Waals surface area contributed by atoms with Crippen molar-refractivity contribution in [1.82, 2.24) is 5.32 Å². The molecule has 1 aromatic carbocycles. The van der Waals surface area contributed by atoms with Crippen LogP contribution < -0.4 is 10.1 Å². The summed E-state index contributed by atoms with van der Waals surface area (Å²) in [7, 11) is 1.74. The number of benzene rings is 1. The first kappa shape index (κ1) is 18.5. The fourth-order valence-electron chi connectivity index (χ4n) is 2.26. The van der Waals surface area contributed by atoms with Crippen molar-refractivity contribution in [2.24, 2.45) is 0 Å². The molecule has 4 heteroatoms. The summed E-state index contributed by atoms with van der Waals surface area (Å²) in [4.78, 5) is 0. The van der Waals surface area contributed by atoms with Gasteiger partial charge in [-0.15, -0.1) is 0 Å². The second-order valence-electron chi connectivity index (χ2n) is 5.09. The molecular formula is C17H28BrNO2. The van der Waals surface area contributed by atoms with Gasteiger partial charge >= 0.3 is 0 Å². The highest BCUT2D eigenvalue weighted by molar-refractivity contribution is 9.10. The van der Waals surface area contributed by atoms with Crippen LogP contribution >= 0.6 is 15.9 Å². The maximum absolute atomic E-state index is 5.68. The van der Waals surface area contributed by atoms with Gasteiger partial charge < -0.3 is 14.8 Å². The van der Waals surface area contributed by atoms with Gasteiger partial charge in [0.2, 0.25) is 0 Å². The molecule has 120 valence electrons. The zero-order chi connectivity index (χ0) is 15.3. The largest absolute Gasteiger partial charge is 0.494 e. The van der Waals surface area contributed by atoms with Gasteiger partial charge in [0.05, 0.1) is 13.2 Å². The quantitative estimate of drug-likeness (QED) is 0.569. The van der Waals surface area contributed by atoms with Crippen LogP contribution in [0.1, 0.15) is 38.2 Å². The molecule has 3 nitrogen and oxygen atoms in total. The van der Waals surface area contributed by atoms with Gasteiger partial charge in [0.15, 0.2) is 0 Å². The molecule has 0 aromatic heterocycles. The molecule has 1 aromatic rings. The standard InChI is InChI=1S/C17H28BrNO2/c1-3-21-17-10-9-16(18)14-15(17)8-6-4-5-7-11-19-12-13-20-2/h9-10,14,19H,3-8,11-13H2,1-2H3. The highest BCUT2D eigenvalue weighted by Gasteiger charge is 2.04. The number of hydrogen-bond acceptors (Lipinski definition) is 3. The minimum atomic E-state index is 0.724. The van der Waals surface area contributed by atoms with E-state index in [1.54, 1.807) is 7.11 Å². The Morgan fingerprint density at radius 1 is 1.10 bits per heavy atom. The van der Waals surface area contributed by atoms with Gasteiger partial charge in [0.25, 0.3) is 0 Å². The Bertz CT molecular complexity index is 385. The maximum atomic E-state index is 5.68. The van der Waals surface area contributed by atoms with Crippen LogP contribution in [0.5, 0.6) is 5.75 Å². The molecule has 0 unspecified atom stereocenters. The average Bonchev–Trinajstić information content (AvgIpc) is 2.48. The van der Waals surface area contributed by atoms with Crippen molar-refractivity contribution in [2.75, 3.05) is 33.4 Å². The van der Waals surface area contributed by atoms with Crippen molar-refractivity contribution < 1.29 is 9.47 Å². The lowest BCUT2D eigenvalue weighted by Crippen LogP contribution is -2.20. The minimum absolute atomic E-state index is 0.724. The molecule has 1 rings (SSSR count). The number of halogens is 1. The van der Waals surface area contributed by atoms with Crippen molar-refractivity contribution in [3.05, 3.63) is 28.2 Å². The Kier molecular flexibility index (Phi) is 10.6. The smallest absolute Gasteiger partial charge is 0.122 e. The summed E-state index contributed by atoms with van der Waals surface area (Å²) in [5, 5.41) is 3.38. The first-order chi connectivity index (χ1) is 10.3. The Morgan fingerprint density at radius 2 is 1.90 bits per heavy atom. The summed E-state index contributed by atoms with van der Waals surface area (Å²) in [6.45, 7) is 5.59. The van der Waals surface area contributed by atoms with Gasteiger partial charge in [-0.3, -0.25) is 0 Å². The predicted octanol–water partition coefficient (Wildman–Crippen LogP) is 4.19. The van der Waals surface area contributed by atoms with E-state index in [0.29, 0.717) is 0 Å². The highest BCUT2D eigenvalue weighted by atomic mass is 79.9. The van der Waals surface area contributed by atoms with Crippen LogP contribution in [0.3, 0.4) is 0 Å². The second-order valence-corrected chi connectivity index (χ2v) is 6.01. The van der Waals surface area contributed by atoms with E-state index in [1.807, 2.05) is 13.0 Å². The van der Waals surface area contributed by atoms with Crippen molar-refractivity contribution in [1.29, 1.82) is 0 Å². The second kappa shape index (κ2) is 12.0. The zero-order valence-electron chi connectivity index (χ0n) is 13.3. The highest BCUT2D eigenvalue weighted by Crippen LogP contribution is 2.25. The lowest BCUT2D eigenvalue weighted by atomic mass is 10.1. The van der Waals surface area contributed by atoms with Crippen LogP contribution in [-0.2, 0) is 11.2 Å². The monoisotopic (exact) mass is 357 g/mol. The predicted molar refractivity (Wildman–Crippen MR) is 92.2 cm³/mol. The van der Waals surface area contributed by atoms with E-state index in [0.717, 1.165) is 42.9 Å². The van der Waals surface area contributed by atoms with E-state index in [9.17, 15) is 0 Å². The van der Waals surface area contributed by atoms with Gasteiger partial charge in [-0.1, -0.05) is 28.8 Å². The fraction of sp³-hybridized carbons (Fsp3) is 0.647. The van der Waals surface area contributed by atoms with Crippen LogP contribution in [0, 0.1) is 0 Å². The molecule has 0 saturated carbocycles. The molecule has 0 fully saturated rings. The molecule has 0 aliphatic rings. The molecule has 0 aliphatic carbocycles. The Balaban J connectivity index is 2.16. The summed E-state index contributed by atoms with van der Waals surface area (Å²) in [6.07, 6.45) is 6.09. The lowest BCUT2D eigenvalue weighted by Gasteiger charge is -2.10. The third-order valence-electron chi connectivity index (χ3n) is 3.36. The van der Waals surface area contributed by atoms with E-state index in [-0.39, 0.29) is 0 Å². The summed E-state index contributed by atoms with van der Waals surface area (Å²) >= 11 is 3.54. The zero-order valence-corrected chi connectivity index (χ0v) is 14.9. The van der Waals surface area contributed by atoms with Crippen molar-refractivity contribution >= 4 is 15.9 Å². The number of ether oxygens (including phenoxy) is 2. The van der Waals surface area contributed by atoms with Gasteiger partial charge in [0, 0.05) is 18.1 Å². The van der Waals surface area contributed by atoms with Crippen molar-refractivity contribution in [3.63, 3.8) is 0 Å². The molecule has 0 spiro atoms. The van der Waals surface area contributed by atoms with Crippen LogP contribution in [0.4, 0.5) is 0 Å². The van der Waals surface area contributed by atoms with Crippen molar-refractivity contribution in [3.8, 4) is 5.75 Å². The van der Waals surface area contributed by atoms with Gasteiger partial charge in [-0.05, 0) is 56.5 Å². The molecule has 0 bridgehead atoms. The van der Waals surface area contributed by atoms with E-state index in [2.05, 4.69) is 33.4 Å². The Hall–Kier alpha value is -0.580. The number of aryl methyl sites for hydroxylation is 1. The number of rotatable bonds is 12. The first-order valence-corrected chi connectivity index (χ1v) is 8.68. The molecule has 0 saturated heterocycles. The summed E-state index contributed by atoms with van der Waals surface area (Å²) in [5.41, 5.74) is 1.31. The van der Waals surface area contributed by atoms with Crippen molar-refractivity contribution in [2.45, 2.75) is 39.0 Å². The first-order valence-electron chi connectivity index (χ1n) is 7.88. The molecule has 1 N–H and O–H groups in total. The lowest BCUT2D eigenvalue weighted by molar-refractivity contribution is 0.199. The van der Waals surface area contributed by atoms with E-state index < -0.39 is 0 Å². The van der Waals surface area contributed by atoms with E-state index in [4.69, 9.17) is 9.47 Å². The average molecular weight is 358 g/mol. The molecule has 21 heavy (non-hydrogen) atoms. The number of hydrogen-bond donors (Lipinski definition) is 1. The number of unbranched alkanes of at least 4 members (excludes halogenated alkanes) is 3. The summed E-state index contributed by atoms with van der Waals surface area (Å²) < 4.78 is 11.8. The maximum Gasteiger partial charge on any atom is 0.122 e. The topological polar surface area (TPSA) is 30.5 Å². The van der Waals surface area contributed by atoms with Crippen LogP contribution in [-0.4, -0.2) is 33.4 Å².